The molecule has 2 aromatic rings. The number of nitrogens with zero attached hydrogens (tertiary/aromatic N) is 1. The minimum absolute atomic E-state index is 0.130. The van der Waals surface area contributed by atoms with Crippen molar-refractivity contribution < 1.29 is 28.7 Å². The number of rotatable bonds is 3. The number of phenols is 1. The van der Waals surface area contributed by atoms with Gasteiger partial charge in [-0.1, -0.05) is 42.8 Å². The maximum atomic E-state index is 14.5. The van der Waals surface area contributed by atoms with Gasteiger partial charge in [0.1, 0.15) is 0 Å². The van der Waals surface area contributed by atoms with Gasteiger partial charge in [0.2, 0.25) is 11.8 Å². The number of hydrogen-bond acceptors (Lipinski definition) is 5. The van der Waals surface area contributed by atoms with Gasteiger partial charge in [-0.05, 0) is 61.9 Å². The largest absolute Gasteiger partial charge is 0.505 e. The number of fused-ring (bicyclic) bond motifs is 3. The number of carbonyl (C=O) groups is 4. The van der Waals surface area contributed by atoms with Crippen molar-refractivity contribution in [2.45, 2.75) is 39.0 Å². The minimum Gasteiger partial charge on any atom is -0.505 e. The summed E-state index contributed by atoms with van der Waals surface area (Å²) in [5.41, 5.74) is 3.20. The maximum absolute atomic E-state index is 14.5. The molecule has 6 nitrogen and oxygen atoms in total. The number of hydrogen-bond donors (Lipinski definition) is 1. The van der Waals surface area contributed by atoms with Crippen LogP contribution in [0.5, 0.6) is 5.75 Å². The third-order valence-corrected chi connectivity index (χ3v) is 8.50. The van der Waals surface area contributed by atoms with E-state index in [4.69, 9.17) is 0 Å². The Morgan fingerprint density at radius 3 is 2.45 bits per heavy atom. The number of Topliss-reactive ketones (excluding diaryl/α,β-unsaturated/α-hetero) is 1. The number of aromatic hydroxyl groups is 1. The summed E-state index contributed by atoms with van der Waals surface area (Å²) in [6.07, 6.45) is 4.38. The van der Waals surface area contributed by atoms with Crippen LogP contribution in [0.15, 0.2) is 76.9 Å². The van der Waals surface area contributed by atoms with Gasteiger partial charge in [-0.2, -0.15) is 0 Å². The molecule has 38 heavy (non-hydrogen) atoms. The Labute approximate surface area is 219 Å². The number of carbonyl (C=O) groups excluding carboxylic acids is 4. The second-order valence-corrected chi connectivity index (χ2v) is 10.4. The molecule has 2 aromatic carbocycles. The molecule has 1 saturated heterocycles. The van der Waals surface area contributed by atoms with E-state index in [0.717, 1.165) is 18.1 Å². The molecule has 0 spiro atoms. The molecule has 0 aromatic heterocycles. The van der Waals surface area contributed by atoms with Crippen molar-refractivity contribution in [2.75, 3.05) is 4.90 Å². The molecule has 0 radical (unpaired) electrons. The van der Waals surface area contributed by atoms with Crippen molar-refractivity contribution in [2.24, 2.45) is 17.8 Å². The second kappa shape index (κ2) is 8.72. The topological polar surface area (TPSA) is 91.8 Å². The zero-order valence-corrected chi connectivity index (χ0v) is 21.0. The van der Waals surface area contributed by atoms with Gasteiger partial charge in [-0.25, -0.2) is 4.39 Å². The Hall–Kier alpha value is -4.13. The summed E-state index contributed by atoms with van der Waals surface area (Å²) in [6.45, 7) is 3.58. The number of halogens is 1. The number of aryl methyl sites for hydroxylation is 1. The van der Waals surface area contributed by atoms with Gasteiger partial charge >= 0.3 is 0 Å². The lowest BCUT2D eigenvalue weighted by Gasteiger charge is -2.42. The number of allylic oxidation sites excluding steroid dienone is 6. The summed E-state index contributed by atoms with van der Waals surface area (Å²) in [7, 11) is 0. The first-order valence-electron chi connectivity index (χ1n) is 12.9. The minimum atomic E-state index is -0.888. The average molecular weight is 512 g/mol. The molecule has 3 aliphatic carbocycles. The number of amides is 2. The highest BCUT2D eigenvalue weighted by Crippen LogP contribution is 2.56. The number of ketones is 2. The summed E-state index contributed by atoms with van der Waals surface area (Å²) in [5.74, 6) is -5.47. The fourth-order valence-electron chi connectivity index (χ4n) is 6.62. The van der Waals surface area contributed by atoms with Crippen molar-refractivity contribution in [3.63, 3.8) is 0 Å². The summed E-state index contributed by atoms with van der Waals surface area (Å²) in [4.78, 5) is 55.2. The van der Waals surface area contributed by atoms with E-state index >= 15 is 0 Å². The average Bonchev–Trinajstić information content (AvgIpc) is 3.17. The van der Waals surface area contributed by atoms with Crippen LogP contribution in [0.25, 0.3) is 0 Å². The fourth-order valence-corrected chi connectivity index (χ4v) is 6.62. The summed E-state index contributed by atoms with van der Waals surface area (Å²) < 4.78 is 14.5. The molecule has 0 bridgehead atoms. The highest BCUT2D eigenvalue weighted by atomic mass is 19.1. The van der Waals surface area contributed by atoms with Crippen molar-refractivity contribution in [1.29, 1.82) is 0 Å². The molecular weight excluding hydrogens is 485 g/mol. The summed E-state index contributed by atoms with van der Waals surface area (Å²) in [6, 6.07) is 11.4. The van der Waals surface area contributed by atoms with Gasteiger partial charge in [0.25, 0.3) is 0 Å². The molecule has 1 heterocycles. The van der Waals surface area contributed by atoms with E-state index in [1.165, 1.54) is 23.1 Å². The van der Waals surface area contributed by atoms with E-state index in [1.54, 1.807) is 19.1 Å². The van der Waals surface area contributed by atoms with Crippen molar-refractivity contribution >= 4 is 29.1 Å². The van der Waals surface area contributed by atoms with Crippen molar-refractivity contribution in [3.05, 3.63) is 93.9 Å². The lowest BCUT2D eigenvalue weighted by atomic mass is 9.59. The first-order chi connectivity index (χ1) is 18.2. The molecule has 0 saturated carbocycles. The maximum Gasteiger partial charge on any atom is 0.238 e. The van der Waals surface area contributed by atoms with Crippen molar-refractivity contribution in [1.82, 2.24) is 0 Å². The van der Waals surface area contributed by atoms with E-state index in [9.17, 15) is 28.7 Å². The van der Waals surface area contributed by atoms with Crippen LogP contribution in [0, 0.1) is 23.6 Å². The number of anilines is 1. The van der Waals surface area contributed by atoms with Crippen LogP contribution in [0.2, 0.25) is 0 Å². The van der Waals surface area contributed by atoms with Crippen LogP contribution in [0.3, 0.4) is 0 Å². The number of para-hydroxylation sites is 1. The highest BCUT2D eigenvalue weighted by Gasteiger charge is 2.56. The normalized spacial score (nSPS) is 26.7. The molecule has 192 valence electrons. The molecule has 7 heteroatoms. The Morgan fingerprint density at radius 1 is 1.00 bits per heavy atom. The highest BCUT2D eigenvalue weighted by molar-refractivity contribution is 6.25. The molecule has 1 N–H and O–H groups in total. The van der Waals surface area contributed by atoms with Crippen LogP contribution < -0.4 is 4.90 Å². The molecule has 4 aliphatic rings. The monoisotopic (exact) mass is 511 g/mol. The van der Waals surface area contributed by atoms with Gasteiger partial charge in [-0.15, -0.1) is 0 Å². The third kappa shape index (κ3) is 3.37. The van der Waals surface area contributed by atoms with Crippen LogP contribution in [0.1, 0.15) is 43.7 Å². The molecule has 6 rings (SSSR count). The first-order valence-corrected chi connectivity index (χ1v) is 12.9. The summed E-state index contributed by atoms with van der Waals surface area (Å²) in [5, 5.41) is 10.7. The number of imide groups is 1. The molecule has 4 atom stereocenters. The Kier molecular flexibility index (Phi) is 5.56. The van der Waals surface area contributed by atoms with Gasteiger partial charge < -0.3 is 5.11 Å². The Balaban J connectivity index is 1.48. The fraction of sp³-hybridized carbons (Fsp3) is 0.290. The molecule has 2 amide bonds. The lowest BCUT2D eigenvalue weighted by molar-refractivity contribution is -0.123. The summed E-state index contributed by atoms with van der Waals surface area (Å²) >= 11 is 0. The zero-order chi connectivity index (χ0) is 26.9. The first kappa shape index (κ1) is 24.2. The van der Waals surface area contributed by atoms with Crippen LogP contribution >= 0.6 is 0 Å². The van der Waals surface area contributed by atoms with Crippen molar-refractivity contribution in [3.8, 4) is 5.75 Å². The van der Waals surface area contributed by atoms with E-state index in [1.807, 2.05) is 25.1 Å². The van der Waals surface area contributed by atoms with Crippen LogP contribution in [0.4, 0.5) is 10.1 Å². The van der Waals surface area contributed by atoms with E-state index in [-0.39, 0.29) is 58.5 Å². The predicted molar refractivity (Wildman–Crippen MR) is 138 cm³/mol. The van der Waals surface area contributed by atoms with Crippen LogP contribution in [-0.4, -0.2) is 28.5 Å². The Bertz CT molecular complexity index is 1530. The van der Waals surface area contributed by atoms with E-state index in [2.05, 4.69) is 0 Å². The third-order valence-electron chi connectivity index (χ3n) is 8.50. The van der Waals surface area contributed by atoms with E-state index < -0.39 is 35.2 Å². The van der Waals surface area contributed by atoms with E-state index in [0.29, 0.717) is 11.3 Å². The van der Waals surface area contributed by atoms with Gasteiger partial charge in [-0.3, -0.25) is 24.1 Å². The molecular formula is C31H26FNO5. The number of benzene rings is 2. The molecule has 0 unspecified atom stereocenters. The zero-order valence-electron chi connectivity index (χ0n) is 21.0. The van der Waals surface area contributed by atoms with Gasteiger partial charge in [0, 0.05) is 28.2 Å². The second-order valence-electron chi connectivity index (χ2n) is 10.4. The molecule has 1 aliphatic heterocycles. The molecule has 1 fully saturated rings. The standard InChI is InChI=1S/C31H26FNO5/c1-3-16-7-9-17(10-8-16)33-30(37)20-12-11-18-21(26(20)31(33)38)14-22-24(34)13-15(2)28(35)27(22)25(18)19-5-4-6-23(32)29(19)36/h4-11,13,20-21,25-26,36H,3,12,14H2,1-2H3/t20-,21+,25+,26-/m0/s1. The Morgan fingerprint density at radius 2 is 1.74 bits per heavy atom. The van der Waals surface area contributed by atoms with Crippen LogP contribution in [-0.2, 0) is 25.6 Å². The quantitative estimate of drug-likeness (QED) is 0.366. The SMILES string of the molecule is CCc1ccc(N2C(=O)[C@H]3[C@H](CC=C4[C@H](c5cccc(F)c5O)C5=C(C[C@H]43)C(=O)C=C(C)C5=O)C2=O)cc1. The number of phenolic OH excluding ortho intramolecular Hbond substituents is 1. The van der Waals surface area contributed by atoms with Gasteiger partial charge in [0.05, 0.1) is 17.5 Å². The lowest BCUT2D eigenvalue weighted by Crippen LogP contribution is -2.39. The smallest absolute Gasteiger partial charge is 0.238 e. The predicted octanol–water partition coefficient (Wildman–Crippen LogP) is 4.73. The van der Waals surface area contributed by atoms with Gasteiger partial charge in [0.15, 0.2) is 23.1 Å².